The molecule has 1 heterocycles. The molecule has 5 heteroatoms. The third-order valence-corrected chi connectivity index (χ3v) is 3.87. The van der Waals surface area contributed by atoms with Crippen LogP contribution in [0.5, 0.6) is 0 Å². The second-order valence-corrected chi connectivity index (χ2v) is 5.29. The number of hydrogen-bond acceptors (Lipinski definition) is 2. The van der Waals surface area contributed by atoms with Crippen molar-refractivity contribution >= 4 is 23.2 Å². The summed E-state index contributed by atoms with van der Waals surface area (Å²) in [5, 5.41) is 4.60. The Bertz CT molecular complexity index is 395. The average molecular weight is 291 g/mol. The normalized spacial score (nSPS) is 18.8. The van der Waals surface area contributed by atoms with Gasteiger partial charge in [-0.15, -0.1) is 0 Å². The van der Waals surface area contributed by atoms with Gasteiger partial charge < -0.3 is 5.32 Å². The van der Waals surface area contributed by atoms with E-state index in [0.717, 1.165) is 31.7 Å². The number of piperazine rings is 1. The van der Waals surface area contributed by atoms with Gasteiger partial charge in [-0.3, -0.25) is 9.29 Å². The zero-order chi connectivity index (χ0) is 13.0. The van der Waals surface area contributed by atoms with Crippen LogP contribution in [0, 0.1) is 0 Å². The number of halogens is 3. The third kappa shape index (κ3) is 3.35. The molecule has 0 radical (unpaired) electrons. The van der Waals surface area contributed by atoms with Crippen molar-refractivity contribution in [1.82, 2.24) is 10.2 Å². The van der Waals surface area contributed by atoms with Crippen molar-refractivity contribution in [2.24, 2.45) is 0 Å². The fourth-order valence-corrected chi connectivity index (χ4v) is 2.83. The van der Waals surface area contributed by atoms with Crippen LogP contribution in [0.25, 0.3) is 0 Å². The van der Waals surface area contributed by atoms with E-state index >= 15 is 0 Å². The summed E-state index contributed by atoms with van der Waals surface area (Å²) in [6, 6.07) is 5.42. The molecule has 1 aromatic rings. The minimum atomic E-state index is -0.350. The van der Waals surface area contributed by atoms with Gasteiger partial charge in [0.25, 0.3) is 0 Å². The maximum absolute atomic E-state index is 12.8. The van der Waals surface area contributed by atoms with Crippen LogP contribution < -0.4 is 5.32 Å². The maximum Gasteiger partial charge on any atom is 0.0912 e. The average Bonchev–Trinajstić information content (AvgIpc) is 2.40. The maximum atomic E-state index is 12.8. The highest BCUT2D eigenvalue weighted by Crippen LogP contribution is 2.32. The van der Waals surface area contributed by atoms with Crippen molar-refractivity contribution in [3.63, 3.8) is 0 Å². The van der Waals surface area contributed by atoms with Crippen molar-refractivity contribution < 1.29 is 4.39 Å². The zero-order valence-corrected chi connectivity index (χ0v) is 11.6. The molecule has 0 amide bonds. The van der Waals surface area contributed by atoms with Gasteiger partial charge in [-0.25, -0.2) is 0 Å². The molecule has 2 rings (SSSR count). The molecule has 1 aliphatic rings. The Morgan fingerprint density at radius 1 is 1.28 bits per heavy atom. The molecule has 0 aromatic heterocycles. The molecule has 1 aliphatic heterocycles. The Hall–Kier alpha value is -0.350. The van der Waals surface area contributed by atoms with Gasteiger partial charge in [-0.1, -0.05) is 23.2 Å². The van der Waals surface area contributed by atoms with Gasteiger partial charge in [0, 0.05) is 42.3 Å². The van der Waals surface area contributed by atoms with Crippen LogP contribution in [0.15, 0.2) is 18.2 Å². The van der Waals surface area contributed by atoms with Crippen LogP contribution in [0.3, 0.4) is 0 Å². The SMILES string of the molecule is FCC[C@@H](c1cc(Cl)ccc1Cl)N1CCNCC1. The molecule has 0 bridgehead atoms. The number of nitrogens with zero attached hydrogens (tertiary/aromatic N) is 1. The molecular formula is C13H17Cl2FN2. The molecule has 2 nitrogen and oxygen atoms in total. The first kappa shape index (κ1) is 14.1. The first-order valence-corrected chi connectivity index (χ1v) is 6.93. The minimum Gasteiger partial charge on any atom is -0.314 e. The van der Waals surface area contributed by atoms with Crippen LogP contribution in [0.2, 0.25) is 10.0 Å². The van der Waals surface area contributed by atoms with E-state index in [1.807, 2.05) is 6.07 Å². The quantitative estimate of drug-likeness (QED) is 0.915. The van der Waals surface area contributed by atoms with E-state index in [1.165, 1.54) is 0 Å². The standard InChI is InChI=1S/C13H17Cl2FN2/c14-10-1-2-12(15)11(9-10)13(3-4-16)18-7-5-17-6-8-18/h1-2,9,13,17H,3-8H2/t13-/m0/s1. The van der Waals surface area contributed by atoms with Gasteiger partial charge in [-0.05, 0) is 30.2 Å². The molecule has 1 atom stereocenters. The zero-order valence-electron chi connectivity index (χ0n) is 10.1. The summed E-state index contributed by atoms with van der Waals surface area (Å²) in [5.74, 6) is 0. The highest BCUT2D eigenvalue weighted by molar-refractivity contribution is 6.33. The van der Waals surface area contributed by atoms with Gasteiger partial charge in [0.15, 0.2) is 0 Å². The molecule has 0 unspecified atom stereocenters. The van der Waals surface area contributed by atoms with Gasteiger partial charge in [0.1, 0.15) is 0 Å². The second kappa shape index (κ2) is 6.71. The molecule has 18 heavy (non-hydrogen) atoms. The van der Waals surface area contributed by atoms with Crippen LogP contribution >= 0.6 is 23.2 Å². The highest BCUT2D eigenvalue weighted by Gasteiger charge is 2.23. The Morgan fingerprint density at radius 2 is 2.00 bits per heavy atom. The van der Waals surface area contributed by atoms with Gasteiger partial charge >= 0.3 is 0 Å². The number of nitrogens with one attached hydrogen (secondary N) is 1. The van der Waals surface area contributed by atoms with Gasteiger partial charge in [-0.2, -0.15) is 0 Å². The van der Waals surface area contributed by atoms with Crippen LogP contribution in [-0.2, 0) is 0 Å². The fraction of sp³-hybridized carbons (Fsp3) is 0.538. The van der Waals surface area contributed by atoms with Crippen molar-refractivity contribution in [1.29, 1.82) is 0 Å². The molecule has 0 spiro atoms. The topological polar surface area (TPSA) is 15.3 Å². The minimum absolute atomic E-state index is 0.0169. The molecule has 1 N–H and O–H groups in total. The summed E-state index contributed by atoms with van der Waals surface area (Å²) < 4.78 is 12.8. The predicted octanol–water partition coefficient (Wildman–Crippen LogP) is 3.30. The Labute approximate surface area is 117 Å². The number of benzene rings is 1. The van der Waals surface area contributed by atoms with E-state index in [4.69, 9.17) is 23.2 Å². The summed E-state index contributed by atoms with van der Waals surface area (Å²) in [5.41, 5.74) is 0.934. The Kier molecular flexibility index (Phi) is 5.25. The van der Waals surface area contributed by atoms with Gasteiger partial charge in [0.2, 0.25) is 0 Å². The summed E-state index contributed by atoms with van der Waals surface area (Å²) in [6.07, 6.45) is 0.458. The van der Waals surface area contributed by atoms with E-state index in [-0.39, 0.29) is 12.7 Å². The van der Waals surface area contributed by atoms with E-state index < -0.39 is 0 Å². The van der Waals surface area contributed by atoms with E-state index in [2.05, 4.69) is 10.2 Å². The lowest BCUT2D eigenvalue weighted by Crippen LogP contribution is -2.45. The molecule has 1 fully saturated rings. The number of rotatable bonds is 4. The van der Waals surface area contributed by atoms with Crippen LogP contribution in [0.4, 0.5) is 4.39 Å². The smallest absolute Gasteiger partial charge is 0.0912 e. The number of alkyl halides is 1. The molecule has 1 aromatic carbocycles. The third-order valence-electron chi connectivity index (χ3n) is 3.29. The van der Waals surface area contributed by atoms with Crippen molar-refractivity contribution in [3.05, 3.63) is 33.8 Å². The predicted molar refractivity (Wildman–Crippen MR) is 74.2 cm³/mol. The van der Waals surface area contributed by atoms with E-state index in [1.54, 1.807) is 12.1 Å². The highest BCUT2D eigenvalue weighted by atomic mass is 35.5. The van der Waals surface area contributed by atoms with E-state index in [0.29, 0.717) is 16.5 Å². The Morgan fingerprint density at radius 3 is 2.67 bits per heavy atom. The summed E-state index contributed by atoms with van der Waals surface area (Å²) in [6.45, 7) is 3.33. The monoisotopic (exact) mass is 290 g/mol. The van der Waals surface area contributed by atoms with Gasteiger partial charge in [0.05, 0.1) is 6.67 Å². The Balaban J connectivity index is 2.24. The van der Waals surface area contributed by atoms with Crippen LogP contribution in [0.1, 0.15) is 18.0 Å². The second-order valence-electron chi connectivity index (χ2n) is 4.45. The molecule has 0 aliphatic carbocycles. The molecule has 100 valence electrons. The van der Waals surface area contributed by atoms with Crippen LogP contribution in [-0.4, -0.2) is 37.8 Å². The largest absolute Gasteiger partial charge is 0.314 e. The fourth-order valence-electron chi connectivity index (χ4n) is 2.40. The molecular weight excluding hydrogens is 274 g/mol. The molecule has 1 saturated heterocycles. The summed E-state index contributed by atoms with van der Waals surface area (Å²) in [7, 11) is 0. The summed E-state index contributed by atoms with van der Waals surface area (Å²) >= 11 is 12.2. The van der Waals surface area contributed by atoms with Crippen molar-refractivity contribution in [2.75, 3.05) is 32.9 Å². The van der Waals surface area contributed by atoms with E-state index in [9.17, 15) is 4.39 Å². The first-order valence-electron chi connectivity index (χ1n) is 6.18. The first-order chi connectivity index (χ1) is 8.72. The lowest BCUT2D eigenvalue weighted by molar-refractivity contribution is 0.157. The van der Waals surface area contributed by atoms with Crippen molar-refractivity contribution in [2.45, 2.75) is 12.5 Å². The lowest BCUT2D eigenvalue weighted by atomic mass is 10.0. The number of hydrogen-bond donors (Lipinski definition) is 1. The lowest BCUT2D eigenvalue weighted by Gasteiger charge is -2.35. The summed E-state index contributed by atoms with van der Waals surface area (Å²) in [4.78, 5) is 2.27. The molecule has 0 saturated carbocycles. The van der Waals surface area contributed by atoms with Crippen molar-refractivity contribution in [3.8, 4) is 0 Å².